The molecule has 1 aromatic heterocycles. The highest BCUT2D eigenvalue weighted by Crippen LogP contribution is 2.15. The summed E-state index contributed by atoms with van der Waals surface area (Å²) in [5.74, 6) is 0.524. The molecule has 8 heteroatoms. The normalized spacial score (nSPS) is 12.1. The molecule has 1 aromatic carbocycles. The molecule has 1 N–H and O–H groups in total. The molecule has 146 valence electrons. The number of carbonyl (C=O) groups excluding carboxylic acids is 1. The summed E-state index contributed by atoms with van der Waals surface area (Å²) in [6.45, 7) is 7.58. The number of carbonyl (C=O) groups is 1. The van der Waals surface area contributed by atoms with Gasteiger partial charge < -0.3 is 9.42 Å². The lowest BCUT2D eigenvalue weighted by atomic mass is 10.2. The average molecular weight is 391 g/mol. The molecular formula is C19H25N3O4S. The summed E-state index contributed by atoms with van der Waals surface area (Å²) in [6, 6.07) is 6.17. The summed E-state index contributed by atoms with van der Waals surface area (Å²) >= 11 is 0. The van der Waals surface area contributed by atoms with Crippen molar-refractivity contribution in [2.75, 3.05) is 7.05 Å². The lowest BCUT2D eigenvalue weighted by molar-refractivity contribution is -0.125. The van der Waals surface area contributed by atoms with Gasteiger partial charge in [0, 0.05) is 24.7 Å². The Kier molecular flexibility index (Phi) is 6.56. The number of sulfonamides is 1. The Balaban J connectivity index is 2.03. The summed E-state index contributed by atoms with van der Waals surface area (Å²) in [5, 5.41) is 3.88. The Labute approximate surface area is 160 Å². The molecule has 0 spiro atoms. The minimum Gasteiger partial charge on any atom is -0.361 e. The van der Waals surface area contributed by atoms with E-state index in [1.165, 1.54) is 18.2 Å². The zero-order valence-corrected chi connectivity index (χ0v) is 17.0. The largest absolute Gasteiger partial charge is 0.361 e. The second kappa shape index (κ2) is 8.49. The van der Waals surface area contributed by atoms with Crippen molar-refractivity contribution in [1.82, 2.24) is 14.8 Å². The van der Waals surface area contributed by atoms with Crippen LogP contribution in [-0.4, -0.2) is 37.5 Å². The smallest absolute Gasteiger partial charge is 0.246 e. The monoisotopic (exact) mass is 391 g/mol. The molecule has 2 aromatic rings. The second-order valence-electron chi connectivity index (χ2n) is 6.68. The van der Waals surface area contributed by atoms with Crippen molar-refractivity contribution in [2.45, 2.75) is 45.2 Å². The van der Waals surface area contributed by atoms with Gasteiger partial charge in [0.25, 0.3) is 0 Å². The number of benzene rings is 1. The molecule has 0 atom stereocenters. The molecule has 2 rings (SSSR count). The van der Waals surface area contributed by atoms with Crippen LogP contribution in [0.15, 0.2) is 39.8 Å². The topological polar surface area (TPSA) is 92.5 Å². The van der Waals surface area contributed by atoms with Gasteiger partial charge >= 0.3 is 0 Å². The van der Waals surface area contributed by atoms with Crippen LogP contribution < -0.4 is 4.72 Å². The number of aromatic nitrogens is 1. The predicted octanol–water partition coefficient (Wildman–Crippen LogP) is 2.65. The van der Waals surface area contributed by atoms with E-state index in [0.29, 0.717) is 12.3 Å². The molecule has 0 fully saturated rings. The molecule has 27 heavy (non-hydrogen) atoms. The van der Waals surface area contributed by atoms with Gasteiger partial charge in [-0.05, 0) is 51.5 Å². The third-order valence-electron chi connectivity index (χ3n) is 3.95. The Morgan fingerprint density at radius 1 is 1.26 bits per heavy atom. The number of nitrogens with zero attached hydrogens (tertiary/aromatic N) is 2. The van der Waals surface area contributed by atoms with E-state index in [2.05, 4.69) is 9.88 Å². The number of amides is 1. The highest BCUT2D eigenvalue weighted by Gasteiger charge is 2.15. The van der Waals surface area contributed by atoms with Crippen molar-refractivity contribution >= 4 is 22.0 Å². The Hall–Kier alpha value is -2.45. The van der Waals surface area contributed by atoms with Gasteiger partial charge in [-0.2, -0.15) is 0 Å². The molecule has 7 nitrogen and oxygen atoms in total. The van der Waals surface area contributed by atoms with Crippen molar-refractivity contribution in [1.29, 1.82) is 0 Å². The maximum Gasteiger partial charge on any atom is 0.246 e. The molecule has 0 unspecified atom stereocenters. The van der Waals surface area contributed by atoms with Crippen molar-refractivity contribution in [3.05, 3.63) is 52.9 Å². The van der Waals surface area contributed by atoms with Crippen LogP contribution in [0.1, 0.15) is 36.4 Å². The number of likely N-dealkylation sites (N-methyl/N-ethyl adjacent to an activating group) is 1. The first-order valence-corrected chi connectivity index (χ1v) is 10.1. The SMILES string of the molecule is Cc1noc(C)c1CN(C)C(=O)/C=C/c1ccc(S(=O)(=O)NC(C)C)cc1. The molecule has 0 aliphatic carbocycles. The number of aryl methyl sites for hydroxylation is 2. The van der Waals surface area contributed by atoms with Crippen molar-refractivity contribution in [2.24, 2.45) is 0 Å². The van der Waals surface area contributed by atoms with E-state index in [9.17, 15) is 13.2 Å². The standard InChI is InChI=1S/C19H25N3O4S/c1-13(2)21-27(24,25)17-9-6-16(7-10-17)8-11-19(23)22(5)12-18-14(3)20-26-15(18)4/h6-11,13,21H,12H2,1-5H3/b11-8+. The molecule has 0 radical (unpaired) electrons. The summed E-state index contributed by atoms with van der Waals surface area (Å²) < 4.78 is 31.9. The van der Waals surface area contributed by atoms with E-state index in [4.69, 9.17) is 4.52 Å². The first-order valence-electron chi connectivity index (χ1n) is 8.57. The van der Waals surface area contributed by atoms with Gasteiger partial charge in [-0.15, -0.1) is 0 Å². The van der Waals surface area contributed by atoms with Gasteiger partial charge in [0.1, 0.15) is 5.76 Å². The number of nitrogens with one attached hydrogen (secondary N) is 1. The number of rotatable bonds is 7. The van der Waals surface area contributed by atoms with E-state index in [-0.39, 0.29) is 16.8 Å². The first-order chi connectivity index (χ1) is 12.6. The van der Waals surface area contributed by atoms with Crippen molar-refractivity contribution < 1.29 is 17.7 Å². The highest BCUT2D eigenvalue weighted by molar-refractivity contribution is 7.89. The van der Waals surface area contributed by atoms with Crippen LogP contribution in [0.3, 0.4) is 0 Å². The summed E-state index contributed by atoms with van der Waals surface area (Å²) in [7, 11) is -1.82. The highest BCUT2D eigenvalue weighted by atomic mass is 32.2. The maximum atomic E-state index is 12.3. The van der Waals surface area contributed by atoms with Gasteiger partial charge in [0.15, 0.2) is 0 Å². The molecule has 1 amide bonds. The van der Waals surface area contributed by atoms with E-state index in [1.807, 2.05) is 13.8 Å². The minimum absolute atomic E-state index is 0.173. The average Bonchev–Trinajstić information content (AvgIpc) is 2.90. The van der Waals surface area contributed by atoms with Crippen LogP contribution in [0.4, 0.5) is 0 Å². The Bertz CT molecular complexity index is 909. The Morgan fingerprint density at radius 2 is 1.89 bits per heavy atom. The maximum absolute atomic E-state index is 12.3. The van der Waals surface area contributed by atoms with E-state index >= 15 is 0 Å². The van der Waals surface area contributed by atoms with E-state index in [1.54, 1.807) is 44.0 Å². The molecule has 0 saturated heterocycles. The lowest BCUT2D eigenvalue weighted by Crippen LogP contribution is -2.30. The van der Waals surface area contributed by atoms with Crippen LogP contribution in [0, 0.1) is 13.8 Å². The fraction of sp³-hybridized carbons (Fsp3) is 0.368. The van der Waals surface area contributed by atoms with Crippen LogP contribution >= 0.6 is 0 Å². The third-order valence-corrected chi connectivity index (χ3v) is 5.63. The van der Waals surface area contributed by atoms with Crippen molar-refractivity contribution in [3.63, 3.8) is 0 Å². The van der Waals surface area contributed by atoms with E-state index < -0.39 is 10.0 Å². The zero-order chi connectivity index (χ0) is 20.2. The minimum atomic E-state index is -3.52. The molecule has 0 aliphatic heterocycles. The van der Waals surface area contributed by atoms with E-state index in [0.717, 1.165) is 16.8 Å². The third kappa shape index (κ3) is 5.51. The summed E-state index contributed by atoms with van der Waals surface area (Å²) in [4.78, 5) is 14.0. The van der Waals surface area contributed by atoms with Crippen molar-refractivity contribution in [3.8, 4) is 0 Å². The summed E-state index contributed by atoms with van der Waals surface area (Å²) in [5.41, 5.74) is 2.40. The number of hydrogen-bond donors (Lipinski definition) is 1. The fourth-order valence-electron chi connectivity index (χ4n) is 2.47. The van der Waals surface area contributed by atoms with Gasteiger partial charge in [-0.1, -0.05) is 17.3 Å². The Morgan fingerprint density at radius 3 is 2.41 bits per heavy atom. The second-order valence-corrected chi connectivity index (χ2v) is 8.39. The van der Waals surface area contributed by atoms with Gasteiger partial charge in [-0.25, -0.2) is 13.1 Å². The molecule has 0 bridgehead atoms. The molecule has 0 saturated carbocycles. The van der Waals surface area contributed by atoms with Gasteiger partial charge in [0.2, 0.25) is 15.9 Å². The fourth-order valence-corrected chi connectivity index (χ4v) is 3.72. The van der Waals surface area contributed by atoms with Crippen LogP contribution in [0.25, 0.3) is 6.08 Å². The van der Waals surface area contributed by atoms with Crippen LogP contribution in [-0.2, 0) is 21.4 Å². The molecule has 0 aliphatic rings. The molecular weight excluding hydrogens is 366 g/mol. The zero-order valence-electron chi connectivity index (χ0n) is 16.2. The quantitative estimate of drug-likeness (QED) is 0.733. The summed E-state index contributed by atoms with van der Waals surface area (Å²) in [6.07, 6.45) is 3.10. The predicted molar refractivity (Wildman–Crippen MR) is 103 cm³/mol. The number of hydrogen-bond acceptors (Lipinski definition) is 5. The van der Waals surface area contributed by atoms with Gasteiger partial charge in [0.05, 0.1) is 17.1 Å². The van der Waals surface area contributed by atoms with Crippen LogP contribution in [0.5, 0.6) is 0 Å². The lowest BCUT2D eigenvalue weighted by Gasteiger charge is -2.14. The first kappa shape index (κ1) is 20.9. The van der Waals surface area contributed by atoms with Crippen LogP contribution in [0.2, 0.25) is 0 Å². The molecule has 1 heterocycles. The van der Waals surface area contributed by atoms with Gasteiger partial charge in [-0.3, -0.25) is 4.79 Å².